The predicted octanol–water partition coefficient (Wildman–Crippen LogP) is 4.27. The van der Waals surface area contributed by atoms with E-state index >= 15 is 0 Å². The van der Waals surface area contributed by atoms with Gasteiger partial charge in [0, 0.05) is 50.6 Å². The summed E-state index contributed by atoms with van der Waals surface area (Å²) < 4.78 is 17.2. The number of esters is 1. The molecule has 9 nitrogen and oxygen atoms in total. The molecule has 1 unspecified atom stereocenters. The van der Waals surface area contributed by atoms with Gasteiger partial charge in [-0.1, -0.05) is 29.8 Å². The summed E-state index contributed by atoms with van der Waals surface area (Å²) in [6.45, 7) is 7.15. The number of ether oxygens (including phenoxy) is 3. The van der Waals surface area contributed by atoms with Crippen LogP contribution in [0.2, 0.25) is 5.02 Å². The molecule has 0 aromatic heterocycles. The molecule has 1 saturated heterocycles. The molecule has 0 bridgehead atoms. The fraction of sp³-hybridized carbons (Fsp3) is 0.516. The number of rotatable bonds is 7. The zero-order valence-corrected chi connectivity index (χ0v) is 24.7. The smallest absolute Gasteiger partial charge is 0.416 e. The van der Waals surface area contributed by atoms with Gasteiger partial charge in [-0.15, -0.1) is 0 Å². The Morgan fingerprint density at radius 1 is 1.07 bits per heavy atom. The maximum Gasteiger partial charge on any atom is 0.416 e. The Bertz CT molecular complexity index is 1310. The molecular weight excluding hydrogens is 546 g/mol. The Balaban J connectivity index is 1.35. The molecule has 0 N–H and O–H groups in total. The molecule has 41 heavy (non-hydrogen) atoms. The zero-order chi connectivity index (χ0) is 29.1. The van der Waals surface area contributed by atoms with Crippen LogP contribution in [0.5, 0.6) is 11.5 Å². The van der Waals surface area contributed by atoms with Gasteiger partial charge in [0.15, 0.2) is 12.4 Å². The normalized spacial score (nSPS) is 20.0. The van der Waals surface area contributed by atoms with E-state index in [-0.39, 0.29) is 24.2 Å². The average Bonchev–Trinajstić information content (AvgIpc) is 3.63. The Morgan fingerprint density at radius 3 is 2.66 bits per heavy atom. The van der Waals surface area contributed by atoms with Crippen LogP contribution in [0.25, 0.3) is 0 Å². The van der Waals surface area contributed by atoms with Crippen molar-refractivity contribution in [1.82, 2.24) is 14.7 Å². The lowest BCUT2D eigenvalue weighted by molar-refractivity contribution is -0.155. The summed E-state index contributed by atoms with van der Waals surface area (Å²) in [6, 6.07) is 9.26. The molecule has 2 atom stereocenters. The number of carbonyl (C=O) groups is 3. The van der Waals surface area contributed by atoms with Gasteiger partial charge in [-0.2, -0.15) is 0 Å². The molecule has 3 aliphatic heterocycles. The number of benzene rings is 2. The van der Waals surface area contributed by atoms with E-state index in [1.54, 1.807) is 4.90 Å². The standard InChI is InChI=1S/C31H38ClN3O6/c1-4-34(5-2)28(36)19-40-30(37)26-10-7-13-35(26)31(38)41-27-17-23-21(16-25(27)32)11-14-33(3)18-24(23)22-9-6-8-20-12-15-39-29(20)22/h6,8-9,16-17,24,26H,4-5,7,10-15,18-19H2,1-3H3/t24?,26-/m0/s1. The SMILES string of the molecule is CCN(CC)C(=O)COC(=O)[C@@H]1CCCN1C(=O)Oc1cc2c(cc1Cl)CCN(C)CC2c1cccc2c1OCC2. The minimum atomic E-state index is -0.808. The maximum absolute atomic E-state index is 13.3. The summed E-state index contributed by atoms with van der Waals surface area (Å²) in [5, 5.41) is 0.345. The zero-order valence-electron chi connectivity index (χ0n) is 24.0. The molecule has 0 saturated carbocycles. The van der Waals surface area contributed by atoms with E-state index in [0.717, 1.165) is 48.4 Å². The third-order valence-electron chi connectivity index (χ3n) is 8.36. The van der Waals surface area contributed by atoms with Crippen molar-refractivity contribution < 1.29 is 28.6 Å². The second-order valence-corrected chi connectivity index (χ2v) is 11.3. The molecule has 3 heterocycles. The second kappa shape index (κ2) is 12.7. The highest BCUT2D eigenvalue weighted by Gasteiger charge is 2.37. The number of likely N-dealkylation sites (tertiary alicyclic amines) is 1. The first-order chi connectivity index (χ1) is 19.8. The highest BCUT2D eigenvalue weighted by molar-refractivity contribution is 6.32. The summed E-state index contributed by atoms with van der Waals surface area (Å²) in [5.74, 6) is 0.355. The molecular formula is C31H38ClN3O6. The Hall–Kier alpha value is -3.30. The Kier molecular flexibility index (Phi) is 9.04. The molecule has 2 aromatic rings. The van der Waals surface area contributed by atoms with Crippen molar-refractivity contribution >= 4 is 29.6 Å². The number of likely N-dealkylation sites (N-methyl/N-ethyl adjacent to an activating group) is 2. The van der Waals surface area contributed by atoms with Gasteiger partial charge >= 0.3 is 12.1 Å². The van der Waals surface area contributed by atoms with Gasteiger partial charge in [-0.3, -0.25) is 9.69 Å². The Labute approximate surface area is 246 Å². The molecule has 220 valence electrons. The molecule has 0 aliphatic carbocycles. The summed E-state index contributed by atoms with van der Waals surface area (Å²) in [4.78, 5) is 43.7. The fourth-order valence-corrected chi connectivity index (χ4v) is 6.33. The van der Waals surface area contributed by atoms with E-state index in [1.807, 2.05) is 26.0 Å². The van der Waals surface area contributed by atoms with Crippen LogP contribution in [0.3, 0.4) is 0 Å². The first kappa shape index (κ1) is 29.2. The van der Waals surface area contributed by atoms with E-state index in [1.165, 1.54) is 10.5 Å². The lowest BCUT2D eigenvalue weighted by Crippen LogP contribution is -2.44. The van der Waals surface area contributed by atoms with Crippen LogP contribution in [0.1, 0.15) is 54.9 Å². The highest BCUT2D eigenvalue weighted by atomic mass is 35.5. The largest absolute Gasteiger partial charge is 0.493 e. The predicted molar refractivity (Wildman–Crippen MR) is 155 cm³/mol. The number of nitrogens with zero attached hydrogens (tertiary/aromatic N) is 3. The molecule has 2 aromatic carbocycles. The van der Waals surface area contributed by atoms with Crippen LogP contribution in [-0.4, -0.2) is 91.7 Å². The van der Waals surface area contributed by atoms with E-state index in [2.05, 4.69) is 30.1 Å². The lowest BCUT2D eigenvalue weighted by Gasteiger charge is -2.25. The van der Waals surface area contributed by atoms with Crippen molar-refractivity contribution in [3.8, 4) is 11.5 Å². The van der Waals surface area contributed by atoms with Crippen molar-refractivity contribution in [2.45, 2.75) is 51.5 Å². The van der Waals surface area contributed by atoms with Gasteiger partial charge in [0.2, 0.25) is 0 Å². The van der Waals surface area contributed by atoms with Gasteiger partial charge in [0.1, 0.15) is 11.8 Å². The number of hydrogen-bond donors (Lipinski definition) is 0. The first-order valence-electron chi connectivity index (χ1n) is 14.5. The minimum Gasteiger partial charge on any atom is -0.493 e. The summed E-state index contributed by atoms with van der Waals surface area (Å²) in [7, 11) is 2.10. The van der Waals surface area contributed by atoms with Gasteiger partial charge in [0.05, 0.1) is 11.6 Å². The minimum absolute atomic E-state index is 0.0122. The van der Waals surface area contributed by atoms with E-state index < -0.39 is 18.1 Å². The van der Waals surface area contributed by atoms with Gasteiger partial charge < -0.3 is 24.0 Å². The van der Waals surface area contributed by atoms with Gasteiger partial charge in [-0.25, -0.2) is 9.59 Å². The first-order valence-corrected chi connectivity index (χ1v) is 14.9. The third kappa shape index (κ3) is 6.16. The molecule has 1 fully saturated rings. The molecule has 0 radical (unpaired) electrons. The highest BCUT2D eigenvalue weighted by Crippen LogP contribution is 2.42. The van der Waals surface area contributed by atoms with Crippen LogP contribution in [0.4, 0.5) is 4.79 Å². The number of fused-ring (bicyclic) bond motifs is 2. The van der Waals surface area contributed by atoms with Crippen molar-refractivity contribution in [3.63, 3.8) is 0 Å². The average molecular weight is 584 g/mol. The maximum atomic E-state index is 13.3. The van der Waals surface area contributed by atoms with E-state index in [9.17, 15) is 14.4 Å². The second-order valence-electron chi connectivity index (χ2n) is 10.9. The van der Waals surface area contributed by atoms with Gasteiger partial charge in [0.25, 0.3) is 5.91 Å². The van der Waals surface area contributed by atoms with Crippen molar-refractivity contribution in [2.75, 3.05) is 53.0 Å². The molecule has 10 heteroatoms. The quantitative estimate of drug-likeness (QED) is 0.450. The van der Waals surface area contributed by atoms with Crippen molar-refractivity contribution in [3.05, 3.63) is 57.6 Å². The molecule has 2 amide bonds. The topological polar surface area (TPSA) is 88.6 Å². The lowest BCUT2D eigenvalue weighted by atomic mass is 9.86. The van der Waals surface area contributed by atoms with Crippen molar-refractivity contribution in [2.24, 2.45) is 0 Å². The summed E-state index contributed by atoms with van der Waals surface area (Å²) >= 11 is 6.66. The number of hydrogen-bond acceptors (Lipinski definition) is 7. The monoisotopic (exact) mass is 583 g/mol. The summed E-state index contributed by atoms with van der Waals surface area (Å²) in [6.07, 6.45) is 2.12. The molecule has 3 aliphatic rings. The van der Waals surface area contributed by atoms with E-state index in [0.29, 0.717) is 44.1 Å². The number of carbonyl (C=O) groups excluding carboxylic acids is 3. The molecule has 5 rings (SSSR count). The number of para-hydroxylation sites is 1. The number of amides is 2. The number of halogens is 1. The fourth-order valence-electron chi connectivity index (χ4n) is 6.10. The van der Waals surface area contributed by atoms with Crippen molar-refractivity contribution in [1.29, 1.82) is 0 Å². The van der Waals surface area contributed by atoms with Gasteiger partial charge in [-0.05, 0) is 69.0 Å². The summed E-state index contributed by atoms with van der Waals surface area (Å²) in [5.41, 5.74) is 4.50. The third-order valence-corrected chi connectivity index (χ3v) is 8.65. The Morgan fingerprint density at radius 2 is 1.88 bits per heavy atom. The van der Waals surface area contributed by atoms with Crippen LogP contribution >= 0.6 is 11.6 Å². The van der Waals surface area contributed by atoms with Crippen LogP contribution in [0.15, 0.2) is 30.3 Å². The van der Waals surface area contributed by atoms with Crippen LogP contribution < -0.4 is 9.47 Å². The van der Waals surface area contributed by atoms with E-state index in [4.69, 9.17) is 25.8 Å². The van der Waals surface area contributed by atoms with Crippen LogP contribution in [0, 0.1) is 0 Å². The molecule has 0 spiro atoms. The van der Waals surface area contributed by atoms with Crippen LogP contribution in [-0.2, 0) is 27.2 Å².